The van der Waals surface area contributed by atoms with E-state index in [0.29, 0.717) is 25.8 Å². The number of alkyl carbamates (subject to hydrolysis) is 1. The van der Waals surface area contributed by atoms with Crippen LogP contribution in [0.25, 0.3) is 22.3 Å². The van der Waals surface area contributed by atoms with E-state index in [1.807, 2.05) is 94.4 Å². The molecule has 1 fully saturated rings. The number of hydrogen-bond acceptors (Lipinski definition) is 8. The molecule has 4 aromatic carbocycles. The Bertz CT molecular complexity index is 2030. The summed E-state index contributed by atoms with van der Waals surface area (Å²) in [5.41, 5.74) is 5.96. The number of Topliss-reactive ketones (excluding diaryl/α,β-unsaturated/α-hetero) is 1. The van der Waals surface area contributed by atoms with E-state index in [1.165, 1.54) is 4.90 Å². The van der Waals surface area contributed by atoms with Gasteiger partial charge >= 0.3 is 6.09 Å². The molecule has 5 aromatic rings. The number of carbonyl (C=O) groups excluding carboxylic acids is 4. The first-order valence-electron chi connectivity index (χ1n) is 18.8. The van der Waals surface area contributed by atoms with Crippen LogP contribution in [0.3, 0.4) is 0 Å². The van der Waals surface area contributed by atoms with Gasteiger partial charge in [0.15, 0.2) is 0 Å². The van der Waals surface area contributed by atoms with E-state index < -0.39 is 35.9 Å². The maximum Gasteiger partial charge on any atom is 0.408 e. The zero-order chi connectivity index (χ0) is 38.9. The molecule has 55 heavy (non-hydrogen) atoms. The molecule has 3 atom stereocenters. The lowest BCUT2D eigenvalue weighted by molar-refractivity contribution is -0.141. The van der Waals surface area contributed by atoms with Crippen molar-refractivity contribution in [3.63, 3.8) is 0 Å². The average Bonchev–Trinajstić information content (AvgIpc) is 3.89. The standard InChI is InChI=1S/C44H47N5O6/c1-28(2)38(46-42(51)36-21-14-22-49(36)43(52)39(29(3)4)47-44(53)54-27-30-15-8-5-9-16-30)40(50)41-45-37(55-48-41)25-31-23-34(32-17-10-6-11-18-32)26-35(24-31)33-19-12-7-13-20-33/h5-13,15-20,23-24,26,28-29,36,38-39H,14,21-22,25,27H2,1-4H3,(H,46,51)(H,47,53)/t36-,38-,39-/m0/s1. The molecule has 1 aliphatic rings. The van der Waals surface area contributed by atoms with Crippen molar-refractivity contribution in [2.24, 2.45) is 11.8 Å². The van der Waals surface area contributed by atoms with E-state index in [0.717, 1.165) is 33.4 Å². The highest BCUT2D eigenvalue weighted by molar-refractivity contribution is 6.00. The van der Waals surface area contributed by atoms with Crippen LogP contribution in [-0.2, 0) is 27.4 Å². The molecule has 11 nitrogen and oxygen atoms in total. The first-order chi connectivity index (χ1) is 26.6. The number of amides is 3. The first-order valence-corrected chi connectivity index (χ1v) is 18.8. The number of ketones is 1. The molecule has 0 bridgehead atoms. The number of aromatic nitrogens is 2. The molecule has 284 valence electrons. The van der Waals surface area contributed by atoms with Crippen LogP contribution in [-0.4, -0.2) is 63.4 Å². The van der Waals surface area contributed by atoms with Crippen LogP contribution in [0.1, 0.15) is 68.2 Å². The smallest absolute Gasteiger partial charge is 0.408 e. The Morgan fingerprint density at radius 3 is 1.91 bits per heavy atom. The van der Waals surface area contributed by atoms with Crippen LogP contribution in [0, 0.1) is 11.8 Å². The third-order valence-corrected chi connectivity index (χ3v) is 9.76. The summed E-state index contributed by atoms with van der Waals surface area (Å²) in [4.78, 5) is 60.1. The van der Waals surface area contributed by atoms with Crippen LogP contribution in [0.5, 0.6) is 0 Å². The van der Waals surface area contributed by atoms with Crippen LogP contribution in [0.2, 0.25) is 0 Å². The molecule has 0 spiro atoms. The van der Waals surface area contributed by atoms with E-state index in [9.17, 15) is 19.2 Å². The van der Waals surface area contributed by atoms with Gasteiger partial charge in [-0.15, -0.1) is 0 Å². The maximum atomic E-state index is 13.8. The summed E-state index contributed by atoms with van der Waals surface area (Å²) in [6, 6.07) is 33.0. The number of carbonyl (C=O) groups is 4. The minimum absolute atomic E-state index is 0.0591. The molecule has 0 aliphatic carbocycles. The zero-order valence-electron chi connectivity index (χ0n) is 31.6. The molecule has 0 radical (unpaired) electrons. The molecular formula is C44H47N5O6. The zero-order valence-corrected chi connectivity index (χ0v) is 31.6. The summed E-state index contributed by atoms with van der Waals surface area (Å²) >= 11 is 0. The number of nitrogens with one attached hydrogen (secondary N) is 2. The summed E-state index contributed by atoms with van der Waals surface area (Å²) in [5.74, 6) is -1.78. The molecule has 1 aliphatic heterocycles. The fraction of sp³-hybridized carbons (Fsp3) is 0.318. The first kappa shape index (κ1) is 38.6. The molecular weight excluding hydrogens is 695 g/mol. The van der Waals surface area contributed by atoms with Gasteiger partial charge in [0.1, 0.15) is 18.7 Å². The van der Waals surface area contributed by atoms with Crippen molar-refractivity contribution in [1.29, 1.82) is 0 Å². The lowest BCUT2D eigenvalue weighted by atomic mass is 9.95. The summed E-state index contributed by atoms with van der Waals surface area (Å²) < 4.78 is 11.0. The highest BCUT2D eigenvalue weighted by Gasteiger charge is 2.40. The molecule has 2 N–H and O–H groups in total. The van der Waals surface area contributed by atoms with Crippen molar-refractivity contribution in [1.82, 2.24) is 25.7 Å². The summed E-state index contributed by atoms with van der Waals surface area (Å²) in [5, 5.41) is 9.61. The SMILES string of the molecule is CC(C)[C@H](NC(=O)[C@@H]1CCCN1C(=O)[C@@H](NC(=O)OCc1ccccc1)C(C)C)C(=O)c1noc(Cc2cc(-c3ccccc3)cc(-c3ccccc3)c2)n1. The highest BCUT2D eigenvalue weighted by Crippen LogP contribution is 2.29. The van der Waals surface area contributed by atoms with Gasteiger partial charge in [-0.05, 0) is 64.1 Å². The van der Waals surface area contributed by atoms with Gasteiger partial charge in [-0.2, -0.15) is 4.98 Å². The van der Waals surface area contributed by atoms with E-state index in [2.05, 4.69) is 63.2 Å². The Balaban J connectivity index is 1.13. The summed E-state index contributed by atoms with van der Waals surface area (Å²) in [6.45, 7) is 7.68. The normalized spacial score (nSPS) is 15.1. The Morgan fingerprint density at radius 1 is 0.745 bits per heavy atom. The Morgan fingerprint density at radius 2 is 1.33 bits per heavy atom. The number of rotatable bonds is 14. The number of hydrogen-bond donors (Lipinski definition) is 2. The molecule has 1 aromatic heterocycles. The topological polar surface area (TPSA) is 144 Å². The second-order valence-electron chi connectivity index (χ2n) is 14.6. The Labute approximate surface area is 321 Å². The van der Waals surface area contributed by atoms with Crippen molar-refractivity contribution < 1.29 is 28.4 Å². The molecule has 1 saturated heterocycles. The lowest BCUT2D eigenvalue weighted by Crippen LogP contribution is -2.57. The monoisotopic (exact) mass is 741 g/mol. The predicted octanol–water partition coefficient (Wildman–Crippen LogP) is 7.26. The summed E-state index contributed by atoms with van der Waals surface area (Å²) in [6.07, 6.45) is 0.587. The maximum absolute atomic E-state index is 13.8. The van der Waals surface area contributed by atoms with Gasteiger partial charge in [0, 0.05) is 6.54 Å². The number of benzene rings is 4. The Hall–Kier alpha value is -6.10. The van der Waals surface area contributed by atoms with Gasteiger partial charge in [0.05, 0.1) is 12.5 Å². The predicted molar refractivity (Wildman–Crippen MR) is 209 cm³/mol. The van der Waals surface area contributed by atoms with Crippen LogP contribution >= 0.6 is 0 Å². The Kier molecular flexibility index (Phi) is 12.5. The van der Waals surface area contributed by atoms with Crippen LogP contribution < -0.4 is 10.6 Å². The lowest BCUT2D eigenvalue weighted by Gasteiger charge is -2.31. The second-order valence-corrected chi connectivity index (χ2v) is 14.6. The minimum atomic E-state index is -0.964. The van der Waals surface area contributed by atoms with Gasteiger partial charge in [-0.3, -0.25) is 14.4 Å². The van der Waals surface area contributed by atoms with Crippen molar-refractivity contribution >= 4 is 23.7 Å². The van der Waals surface area contributed by atoms with Crippen molar-refractivity contribution in [2.45, 2.75) is 71.7 Å². The molecule has 6 rings (SSSR count). The van der Waals surface area contributed by atoms with Gasteiger partial charge < -0.3 is 24.8 Å². The number of ether oxygens (including phenoxy) is 1. The molecule has 0 saturated carbocycles. The van der Waals surface area contributed by atoms with Crippen molar-refractivity contribution in [3.8, 4) is 22.3 Å². The third kappa shape index (κ3) is 9.72. The van der Waals surface area contributed by atoms with Crippen LogP contribution in [0.15, 0.2) is 114 Å². The van der Waals surface area contributed by atoms with Gasteiger partial charge in [-0.25, -0.2) is 4.79 Å². The molecule has 2 heterocycles. The third-order valence-electron chi connectivity index (χ3n) is 9.76. The number of nitrogens with zero attached hydrogens (tertiary/aromatic N) is 3. The second kappa shape index (κ2) is 17.8. The molecule has 0 unspecified atom stereocenters. The largest absolute Gasteiger partial charge is 0.445 e. The fourth-order valence-corrected chi connectivity index (χ4v) is 6.80. The van der Waals surface area contributed by atoms with E-state index in [1.54, 1.807) is 0 Å². The quantitative estimate of drug-likeness (QED) is 0.113. The average molecular weight is 742 g/mol. The van der Waals surface area contributed by atoms with Crippen molar-refractivity contribution in [3.05, 3.63) is 132 Å². The van der Waals surface area contributed by atoms with Gasteiger partial charge in [-0.1, -0.05) is 136 Å². The minimum Gasteiger partial charge on any atom is -0.445 e. The molecule has 3 amide bonds. The highest BCUT2D eigenvalue weighted by atomic mass is 16.5. The van der Waals surface area contributed by atoms with E-state index in [4.69, 9.17) is 9.26 Å². The fourth-order valence-electron chi connectivity index (χ4n) is 6.80. The molecule has 11 heteroatoms. The summed E-state index contributed by atoms with van der Waals surface area (Å²) in [7, 11) is 0. The van der Waals surface area contributed by atoms with E-state index >= 15 is 0 Å². The van der Waals surface area contributed by atoms with Gasteiger partial charge in [0.2, 0.25) is 29.3 Å². The van der Waals surface area contributed by atoms with Crippen molar-refractivity contribution in [2.75, 3.05) is 6.54 Å². The van der Waals surface area contributed by atoms with Crippen LogP contribution in [0.4, 0.5) is 4.79 Å². The van der Waals surface area contributed by atoms with E-state index in [-0.39, 0.29) is 36.1 Å². The number of likely N-dealkylation sites (tertiary alicyclic amines) is 1. The van der Waals surface area contributed by atoms with Gasteiger partial charge in [0.25, 0.3) is 0 Å².